The molecule has 1 aliphatic carbocycles. The lowest BCUT2D eigenvalue weighted by molar-refractivity contribution is 0.0126. The van der Waals surface area contributed by atoms with Crippen molar-refractivity contribution in [2.75, 3.05) is 12.4 Å². The van der Waals surface area contributed by atoms with Crippen LogP contribution in [0.25, 0.3) is 10.9 Å². The molecule has 1 aromatic carbocycles. The van der Waals surface area contributed by atoms with Gasteiger partial charge in [0.2, 0.25) is 0 Å². The third-order valence-corrected chi connectivity index (χ3v) is 6.94. The Morgan fingerprint density at radius 2 is 1.94 bits per heavy atom. The molecule has 4 rings (SSSR count). The summed E-state index contributed by atoms with van der Waals surface area (Å²) in [6.07, 6.45) is 6.62. The number of ether oxygens (including phenoxy) is 1. The summed E-state index contributed by atoms with van der Waals surface area (Å²) in [7, 11) is 1.53. The minimum Gasteiger partial charge on any atom is -0.494 e. The van der Waals surface area contributed by atoms with Gasteiger partial charge in [0.05, 0.1) is 24.4 Å². The van der Waals surface area contributed by atoms with E-state index in [2.05, 4.69) is 24.1 Å². The number of hydrogen-bond acceptors (Lipinski definition) is 4. The number of fused-ring (bicyclic) bond motifs is 1. The molecule has 1 aliphatic rings. The number of benzene rings is 1. The molecular weight excluding hydrogens is 438 g/mol. The maximum Gasteiger partial charge on any atom is 0.287 e. The van der Waals surface area contributed by atoms with Crippen molar-refractivity contribution in [1.29, 1.82) is 0 Å². The standard InChI is InChI=1S/C26H32F2N4O2/c1-15(2)17-9-11-19(12-10-17)32-14-18-13-21(24(34-5)16(3)23(18)31-32)30-25(33)20-7-6-8-22(29-20)26(4,27)28/h6-8,13-15,17,19H,9-12H2,1-5H3,(H,30,33)/t17-,19-. The highest BCUT2D eigenvalue weighted by atomic mass is 19.3. The van der Waals surface area contributed by atoms with Crippen molar-refractivity contribution < 1.29 is 18.3 Å². The lowest BCUT2D eigenvalue weighted by Crippen LogP contribution is -2.21. The Balaban J connectivity index is 1.62. The van der Waals surface area contributed by atoms with Crippen molar-refractivity contribution >= 4 is 22.5 Å². The Bertz CT molecular complexity index is 1190. The molecule has 0 aliphatic heterocycles. The number of hydrogen-bond donors (Lipinski definition) is 1. The van der Waals surface area contributed by atoms with Crippen LogP contribution in [0.15, 0.2) is 30.5 Å². The van der Waals surface area contributed by atoms with Crippen LogP contribution >= 0.6 is 0 Å². The molecule has 1 fully saturated rings. The summed E-state index contributed by atoms with van der Waals surface area (Å²) in [4.78, 5) is 16.7. The van der Waals surface area contributed by atoms with Crippen LogP contribution in [-0.2, 0) is 5.92 Å². The van der Waals surface area contributed by atoms with Gasteiger partial charge in [0, 0.05) is 24.1 Å². The van der Waals surface area contributed by atoms with Gasteiger partial charge in [-0.1, -0.05) is 19.9 Å². The molecule has 0 unspecified atom stereocenters. The van der Waals surface area contributed by atoms with E-state index in [4.69, 9.17) is 9.84 Å². The Morgan fingerprint density at radius 1 is 1.24 bits per heavy atom. The van der Waals surface area contributed by atoms with Crippen LogP contribution in [0.2, 0.25) is 0 Å². The topological polar surface area (TPSA) is 69.0 Å². The molecule has 6 nitrogen and oxygen atoms in total. The first-order valence-corrected chi connectivity index (χ1v) is 11.8. The van der Waals surface area contributed by atoms with Gasteiger partial charge in [0.1, 0.15) is 17.1 Å². The van der Waals surface area contributed by atoms with E-state index in [9.17, 15) is 13.6 Å². The van der Waals surface area contributed by atoms with Crippen LogP contribution in [0.1, 0.15) is 74.2 Å². The molecule has 2 heterocycles. The first kappa shape index (κ1) is 24.1. The summed E-state index contributed by atoms with van der Waals surface area (Å²) in [5.74, 6) is -1.75. The highest BCUT2D eigenvalue weighted by Gasteiger charge is 2.28. The minimum atomic E-state index is -3.13. The van der Waals surface area contributed by atoms with Crippen molar-refractivity contribution in [2.24, 2.45) is 11.8 Å². The van der Waals surface area contributed by atoms with Crippen LogP contribution in [0.4, 0.5) is 14.5 Å². The minimum absolute atomic E-state index is 0.0866. The van der Waals surface area contributed by atoms with Gasteiger partial charge in [0.25, 0.3) is 11.8 Å². The number of aryl methyl sites for hydroxylation is 1. The second kappa shape index (κ2) is 9.31. The molecule has 0 spiro atoms. The Kier molecular flexibility index (Phi) is 6.60. The SMILES string of the molecule is COc1c(NC(=O)c2cccc(C(C)(F)F)n2)cc2cn([C@H]3CC[C@H](C(C)C)CC3)nc2c1C. The summed E-state index contributed by atoms with van der Waals surface area (Å²) in [6.45, 7) is 7.24. The van der Waals surface area contributed by atoms with Crippen LogP contribution in [-0.4, -0.2) is 27.8 Å². The third-order valence-electron chi connectivity index (χ3n) is 6.94. The normalized spacial score (nSPS) is 18.9. The number of carbonyl (C=O) groups is 1. The molecule has 0 atom stereocenters. The van der Waals surface area contributed by atoms with Gasteiger partial charge in [-0.15, -0.1) is 0 Å². The van der Waals surface area contributed by atoms with E-state index in [1.807, 2.05) is 23.9 Å². The average Bonchev–Trinajstić information content (AvgIpc) is 3.23. The van der Waals surface area contributed by atoms with E-state index in [0.29, 0.717) is 23.4 Å². The molecule has 1 N–H and O–H groups in total. The number of rotatable bonds is 6. The smallest absolute Gasteiger partial charge is 0.287 e. The summed E-state index contributed by atoms with van der Waals surface area (Å²) in [6, 6.07) is 6.19. The van der Waals surface area contributed by atoms with Gasteiger partial charge in [-0.2, -0.15) is 13.9 Å². The number of nitrogens with zero attached hydrogens (tertiary/aromatic N) is 3. The fraction of sp³-hybridized carbons (Fsp3) is 0.500. The maximum absolute atomic E-state index is 13.7. The Hall–Kier alpha value is -3.03. The monoisotopic (exact) mass is 470 g/mol. The fourth-order valence-electron chi connectivity index (χ4n) is 4.90. The predicted molar refractivity (Wildman–Crippen MR) is 129 cm³/mol. The molecule has 2 aromatic heterocycles. The van der Waals surface area contributed by atoms with Crippen molar-refractivity contribution in [3.63, 3.8) is 0 Å². The van der Waals surface area contributed by atoms with Crippen molar-refractivity contribution in [3.05, 3.63) is 47.4 Å². The number of aromatic nitrogens is 3. The van der Waals surface area contributed by atoms with Crippen LogP contribution < -0.4 is 10.1 Å². The molecular formula is C26H32F2N4O2. The van der Waals surface area contributed by atoms with Gasteiger partial charge in [-0.05, 0) is 62.6 Å². The van der Waals surface area contributed by atoms with Crippen LogP contribution in [0, 0.1) is 18.8 Å². The number of anilines is 1. The molecule has 1 saturated carbocycles. The number of methoxy groups -OCH3 is 1. The molecule has 182 valence electrons. The number of halogens is 2. The lowest BCUT2D eigenvalue weighted by Gasteiger charge is -2.30. The van der Waals surface area contributed by atoms with Gasteiger partial charge in [-0.3, -0.25) is 9.48 Å². The summed E-state index contributed by atoms with van der Waals surface area (Å²) < 4.78 is 35.0. The predicted octanol–water partition coefficient (Wildman–Crippen LogP) is 6.50. The highest BCUT2D eigenvalue weighted by Crippen LogP contribution is 2.39. The van der Waals surface area contributed by atoms with Gasteiger partial charge in [0.15, 0.2) is 0 Å². The van der Waals surface area contributed by atoms with E-state index in [1.165, 1.54) is 38.2 Å². The van der Waals surface area contributed by atoms with Crippen molar-refractivity contribution in [3.8, 4) is 5.75 Å². The van der Waals surface area contributed by atoms with E-state index in [0.717, 1.165) is 42.1 Å². The van der Waals surface area contributed by atoms with E-state index < -0.39 is 17.5 Å². The Labute approximate surface area is 198 Å². The first-order valence-electron chi connectivity index (χ1n) is 11.8. The van der Waals surface area contributed by atoms with Crippen LogP contribution in [0.5, 0.6) is 5.75 Å². The zero-order valence-electron chi connectivity index (χ0n) is 20.4. The second-order valence-corrected chi connectivity index (χ2v) is 9.69. The molecule has 0 bridgehead atoms. The zero-order chi connectivity index (χ0) is 24.6. The van der Waals surface area contributed by atoms with Crippen molar-refractivity contribution in [1.82, 2.24) is 14.8 Å². The number of alkyl halides is 2. The van der Waals surface area contributed by atoms with Gasteiger partial charge >= 0.3 is 0 Å². The second-order valence-electron chi connectivity index (χ2n) is 9.69. The number of pyridine rings is 1. The lowest BCUT2D eigenvalue weighted by atomic mass is 9.80. The first-order chi connectivity index (χ1) is 16.1. The fourth-order valence-corrected chi connectivity index (χ4v) is 4.90. The summed E-state index contributed by atoms with van der Waals surface area (Å²) in [5, 5.41) is 8.54. The zero-order valence-corrected chi connectivity index (χ0v) is 20.4. The number of nitrogens with one attached hydrogen (secondary N) is 1. The highest BCUT2D eigenvalue weighted by molar-refractivity contribution is 6.05. The summed E-state index contributed by atoms with van der Waals surface area (Å²) in [5.41, 5.74) is 1.55. The molecule has 34 heavy (non-hydrogen) atoms. The van der Waals surface area contributed by atoms with Crippen molar-refractivity contribution in [2.45, 2.75) is 65.3 Å². The maximum atomic E-state index is 13.7. The third kappa shape index (κ3) is 4.76. The molecule has 1 amide bonds. The van der Waals surface area contributed by atoms with Gasteiger partial charge in [-0.25, -0.2) is 4.98 Å². The Morgan fingerprint density at radius 3 is 2.56 bits per heavy atom. The quantitative estimate of drug-likeness (QED) is 0.446. The van der Waals surface area contributed by atoms with E-state index in [1.54, 1.807) is 0 Å². The van der Waals surface area contributed by atoms with E-state index in [-0.39, 0.29) is 5.69 Å². The number of amides is 1. The molecule has 0 radical (unpaired) electrons. The largest absolute Gasteiger partial charge is 0.494 e. The van der Waals surface area contributed by atoms with E-state index >= 15 is 0 Å². The van der Waals surface area contributed by atoms with Crippen LogP contribution in [0.3, 0.4) is 0 Å². The molecule has 0 saturated heterocycles. The molecule has 8 heteroatoms. The average molecular weight is 471 g/mol. The molecule has 3 aromatic rings. The summed E-state index contributed by atoms with van der Waals surface area (Å²) >= 11 is 0. The number of carbonyl (C=O) groups excluding carboxylic acids is 1. The van der Waals surface area contributed by atoms with Gasteiger partial charge < -0.3 is 10.1 Å².